The lowest BCUT2D eigenvalue weighted by atomic mass is 10.1. The van der Waals surface area contributed by atoms with Gasteiger partial charge in [-0.05, 0) is 25.0 Å². The number of aromatic nitrogens is 1. The zero-order chi connectivity index (χ0) is 12.8. The smallest absolute Gasteiger partial charge is 0.238 e. The molecule has 1 unspecified atom stereocenters. The third-order valence-corrected chi connectivity index (χ3v) is 3.00. The highest BCUT2D eigenvalue weighted by molar-refractivity contribution is 5.54. The molecule has 0 aliphatic heterocycles. The Bertz CT molecular complexity index is 355. The van der Waals surface area contributed by atoms with Gasteiger partial charge in [0.2, 0.25) is 5.88 Å². The standard InChI is InChI=1S/C13H23N3O/c1-5-10(3)9-16(6-2)12-8-7-11(14)13(15-12)17-4/h7-8,10H,5-6,9,14H2,1-4H3. The minimum absolute atomic E-state index is 0.505. The van der Waals surface area contributed by atoms with Crippen LogP contribution in [0.15, 0.2) is 12.1 Å². The van der Waals surface area contributed by atoms with E-state index in [0.717, 1.165) is 18.9 Å². The molecule has 1 heterocycles. The maximum absolute atomic E-state index is 5.76. The fourth-order valence-electron chi connectivity index (χ4n) is 1.67. The van der Waals surface area contributed by atoms with Gasteiger partial charge in [0.15, 0.2) is 0 Å². The molecular formula is C13H23N3O. The minimum atomic E-state index is 0.505. The molecule has 4 heteroatoms. The van der Waals surface area contributed by atoms with E-state index in [9.17, 15) is 0 Å². The van der Waals surface area contributed by atoms with E-state index in [1.807, 2.05) is 12.1 Å². The molecule has 2 N–H and O–H groups in total. The van der Waals surface area contributed by atoms with Gasteiger partial charge in [-0.25, -0.2) is 0 Å². The molecule has 0 amide bonds. The van der Waals surface area contributed by atoms with Crippen LogP contribution in [0.5, 0.6) is 5.88 Å². The number of anilines is 2. The SMILES string of the molecule is CCC(C)CN(CC)c1ccc(N)c(OC)n1. The summed E-state index contributed by atoms with van der Waals surface area (Å²) in [5, 5.41) is 0. The summed E-state index contributed by atoms with van der Waals surface area (Å²) in [6.45, 7) is 8.52. The van der Waals surface area contributed by atoms with Crippen molar-refractivity contribution in [2.24, 2.45) is 5.92 Å². The largest absolute Gasteiger partial charge is 0.479 e. The van der Waals surface area contributed by atoms with E-state index in [0.29, 0.717) is 17.5 Å². The molecule has 0 radical (unpaired) electrons. The van der Waals surface area contributed by atoms with Gasteiger partial charge >= 0.3 is 0 Å². The van der Waals surface area contributed by atoms with Gasteiger partial charge in [0.25, 0.3) is 0 Å². The zero-order valence-electron chi connectivity index (χ0n) is 11.2. The summed E-state index contributed by atoms with van der Waals surface area (Å²) >= 11 is 0. The number of nitrogens with zero attached hydrogens (tertiary/aromatic N) is 2. The second-order valence-electron chi connectivity index (χ2n) is 4.32. The van der Waals surface area contributed by atoms with Crippen LogP contribution in [-0.2, 0) is 0 Å². The van der Waals surface area contributed by atoms with Gasteiger partial charge in [0.05, 0.1) is 12.8 Å². The molecule has 1 aromatic rings. The normalized spacial score (nSPS) is 12.2. The van der Waals surface area contributed by atoms with Crippen LogP contribution in [0, 0.1) is 5.92 Å². The maximum atomic E-state index is 5.76. The molecule has 1 atom stereocenters. The molecule has 0 aliphatic carbocycles. The highest BCUT2D eigenvalue weighted by atomic mass is 16.5. The Labute approximate surface area is 104 Å². The predicted octanol–water partition coefficient (Wildman–Crippen LogP) is 2.54. The quantitative estimate of drug-likeness (QED) is 0.826. The third-order valence-electron chi connectivity index (χ3n) is 3.00. The molecule has 1 aromatic heterocycles. The highest BCUT2D eigenvalue weighted by Crippen LogP contribution is 2.23. The van der Waals surface area contributed by atoms with Crippen molar-refractivity contribution in [1.29, 1.82) is 0 Å². The van der Waals surface area contributed by atoms with Crippen molar-refractivity contribution < 1.29 is 4.74 Å². The van der Waals surface area contributed by atoms with Gasteiger partial charge in [-0.1, -0.05) is 20.3 Å². The molecule has 1 rings (SSSR count). The number of methoxy groups -OCH3 is 1. The van der Waals surface area contributed by atoms with Crippen molar-refractivity contribution in [2.75, 3.05) is 30.8 Å². The van der Waals surface area contributed by atoms with E-state index in [-0.39, 0.29) is 0 Å². The van der Waals surface area contributed by atoms with E-state index >= 15 is 0 Å². The monoisotopic (exact) mass is 237 g/mol. The topological polar surface area (TPSA) is 51.4 Å². The number of hydrogen-bond acceptors (Lipinski definition) is 4. The summed E-state index contributed by atoms with van der Waals surface area (Å²) in [6, 6.07) is 3.80. The summed E-state index contributed by atoms with van der Waals surface area (Å²) in [7, 11) is 1.59. The van der Waals surface area contributed by atoms with Crippen LogP contribution < -0.4 is 15.4 Å². The summed E-state index contributed by atoms with van der Waals surface area (Å²) < 4.78 is 5.15. The van der Waals surface area contributed by atoms with Gasteiger partial charge in [-0.15, -0.1) is 0 Å². The maximum Gasteiger partial charge on any atom is 0.238 e. The average Bonchev–Trinajstić information content (AvgIpc) is 2.36. The molecule has 17 heavy (non-hydrogen) atoms. The Balaban J connectivity index is 2.88. The first-order valence-corrected chi connectivity index (χ1v) is 6.17. The molecule has 0 bridgehead atoms. The fraction of sp³-hybridized carbons (Fsp3) is 0.615. The van der Waals surface area contributed by atoms with Crippen molar-refractivity contribution in [3.8, 4) is 5.88 Å². The average molecular weight is 237 g/mol. The van der Waals surface area contributed by atoms with E-state index in [4.69, 9.17) is 10.5 Å². The first-order valence-electron chi connectivity index (χ1n) is 6.17. The van der Waals surface area contributed by atoms with Crippen LogP contribution in [0.4, 0.5) is 11.5 Å². The Morgan fingerprint density at radius 1 is 1.41 bits per heavy atom. The number of rotatable bonds is 6. The molecular weight excluding hydrogens is 214 g/mol. The zero-order valence-corrected chi connectivity index (χ0v) is 11.2. The van der Waals surface area contributed by atoms with Gasteiger partial charge < -0.3 is 15.4 Å². The first kappa shape index (κ1) is 13.6. The van der Waals surface area contributed by atoms with Crippen molar-refractivity contribution >= 4 is 11.5 Å². The van der Waals surface area contributed by atoms with Crippen LogP contribution in [0.1, 0.15) is 27.2 Å². The lowest BCUT2D eigenvalue weighted by molar-refractivity contribution is 0.400. The summed E-state index contributed by atoms with van der Waals surface area (Å²) in [4.78, 5) is 6.67. The summed E-state index contributed by atoms with van der Waals surface area (Å²) in [5.74, 6) is 2.09. The number of nitrogen functional groups attached to an aromatic ring is 1. The van der Waals surface area contributed by atoms with Gasteiger partial charge in [-0.3, -0.25) is 0 Å². The van der Waals surface area contributed by atoms with E-state index < -0.39 is 0 Å². The van der Waals surface area contributed by atoms with Crippen molar-refractivity contribution in [3.05, 3.63) is 12.1 Å². The van der Waals surface area contributed by atoms with Gasteiger partial charge in [0, 0.05) is 13.1 Å². The van der Waals surface area contributed by atoms with Gasteiger partial charge in [0.1, 0.15) is 5.82 Å². The van der Waals surface area contributed by atoms with Crippen LogP contribution in [0.3, 0.4) is 0 Å². The first-order chi connectivity index (χ1) is 8.12. The molecule has 0 saturated carbocycles. The molecule has 0 aliphatic rings. The Morgan fingerprint density at radius 2 is 2.12 bits per heavy atom. The molecule has 0 spiro atoms. The molecule has 0 aromatic carbocycles. The minimum Gasteiger partial charge on any atom is -0.479 e. The number of ether oxygens (including phenoxy) is 1. The van der Waals surface area contributed by atoms with Crippen molar-refractivity contribution in [2.45, 2.75) is 27.2 Å². The Kier molecular flexibility index (Phi) is 5.07. The van der Waals surface area contributed by atoms with Gasteiger partial charge in [-0.2, -0.15) is 4.98 Å². The molecule has 4 nitrogen and oxygen atoms in total. The predicted molar refractivity (Wildman–Crippen MR) is 72.5 cm³/mol. The third kappa shape index (κ3) is 3.51. The number of nitrogens with two attached hydrogens (primary N) is 1. The van der Waals surface area contributed by atoms with E-state index in [2.05, 4.69) is 30.7 Å². The van der Waals surface area contributed by atoms with Crippen LogP contribution >= 0.6 is 0 Å². The number of hydrogen-bond donors (Lipinski definition) is 1. The van der Waals surface area contributed by atoms with E-state index in [1.165, 1.54) is 6.42 Å². The van der Waals surface area contributed by atoms with Crippen LogP contribution in [-0.4, -0.2) is 25.2 Å². The summed E-state index contributed by atoms with van der Waals surface area (Å²) in [5.41, 5.74) is 6.34. The number of pyridine rings is 1. The van der Waals surface area contributed by atoms with E-state index in [1.54, 1.807) is 7.11 Å². The Hall–Kier alpha value is -1.45. The molecule has 96 valence electrons. The van der Waals surface area contributed by atoms with Crippen LogP contribution in [0.25, 0.3) is 0 Å². The molecule has 0 fully saturated rings. The second kappa shape index (κ2) is 6.33. The van der Waals surface area contributed by atoms with Crippen LogP contribution in [0.2, 0.25) is 0 Å². The Morgan fingerprint density at radius 3 is 2.65 bits per heavy atom. The highest BCUT2D eigenvalue weighted by Gasteiger charge is 2.11. The fourth-order valence-corrected chi connectivity index (χ4v) is 1.67. The molecule has 0 saturated heterocycles. The lowest BCUT2D eigenvalue weighted by Gasteiger charge is -2.25. The van der Waals surface area contributed by atoms with Crippen molar-refractivity contribution in [1.82, 2.24) is 4.98 Å². The van der Waals surface area contributed by atoms with Crippen molar-refractivity contribution in [3.63, 3.8) is 0 Å². The summed E-state index contributed by atoms with van der Waals surface area (Å²) in [6.07, 6.45) is 1.17. The lowest BCUT2D eigenvalue weighted by Crippen LogP contribution is -2.28. The second-order valence-corrected chi connectivity index (χ2v) is 4.32.